The third-order valence-corrected chi connectivity index (χ3v) is 3.08. The first-order valence-corrected chi connectivity index (χ1v) is 5.71. The van der Waals surface area contributed by atoms with Gasteiger partial charge >= 0.3 is 5.97 Å². The van der Waals surface area contributed by atoms with Crippen LogP contribution in [0.25, 0.3) is 10.2 Å². The second-order valence-corrected chi connectivity index (χ2v) is 4.38. The van der Waals surface area contributed by atoms with E-state index in [0.717, 1.165) is 10.2 Å². The van der Waals surface area contributed by atoms with Crippen LogP contribution in [0.15, 0.2) is 17.8 Å². The summed E-state index contributed by atoms with van der Waals surface area (Å²) in [7, 11) is 0. The molecule has 1 unspecified atom stereocenters. The fourth-order valence-corrected chi connectivity index (χ4v) is 2.00. The first-order valence-electron chi connectivity index (χ1n) is 4.83. The summed E-state index contributed by atoms with van der Waals surface area (Å²) in [4.78, 5) is 19.8. The van der Waals surface area contributed by atoms with Gasteiger partial charge in [0.05, 0.1) is 11.3 Å². The van der Waals surface area contributed by atoms with E-state index in [0.29, 0.717) is 12.4 Å². The number of aromatic nitrogens is 2. The van der Waals surface area contributed by atoms with Gasteiger partial charge in [-0.3, -0.25) is 4.79 Å². The molecule has 0 aliphatic rings. The van der Waals surface area contributed by atoms with Crippen molar-refractivity contribution < 1.29 is 9.90 Å². The minimum Gasteiger partial charge on any atom is -0.481 e. The van der Waals surface area contributed by atoms with E-state index in [9.17, 15) is 4.79 Å². The van der Waals surface area contributed by atoms with Crippen LogP contribution in [-0.2, 0) is 4.79 Å². The Hall–Kier alpha value is -1.69. The number of carboxylic acids is 1. The number of aliphatic carboxylic acids is 1. The Morgan fingerprint density at radius 3 is 3.19 bits per heavy atom. The maximum absolute atomic E-state index is 10.7. The van der Waals surface area contributed by atoms with Gasteiger partial charge in [0, 0.05) is 6.54 Å². The highest BCUT2D eigenvalue weighted by molar-refractivity contribution is 7.16. The summed E-state index contributed by atoms with van der Waals surface area (Å²) in [5.74, 6) is -0.564. The van der Waals surface area contributed by atoms with Crippen LogP contribution in [0, 0.1) is 5.92 Å². The average Bonchev–Trinajstić information content (AvgIpc) is 2.73. The molecule has 2 aromatic heterocycles. The van der Waals surface area contributed by atoms with E-state index in [-0.39, 0.29) is 0 Å². The molecule has 0 aliphatic carbocycles. The summed E-state index contributed by atoms with van der Waals surface area (Å²) in [6.07, 6.45) is 1.48. The Bertz CT molecular complexity index is 511. The molecule has 2 N–H and O–H groups in total. The molecule has 1 atom stereocenters. The van der Waals surface area contributed by atoms with Crippen LogP contribution in [-0.4, -0.2) is 27.6 Å². The molecule has 2 rings (SSSR count). The standard InChI is InChI=1S/C10H11N3O2S/c1-6(10(14)15)4-11-8-7-2-3-16-9(7)13-5-12-8/h2-3,5-6H,4H2,1H3,(H,14,15)(H,11,12,13). The predicted octanol–water partition coefficient (Wildman–Crippen LogP) is 1.82. The molecule has 0 spiro atoms. The van der Waals surface area contributed by atoms with E-state index in [4.69, 9.17) is 5.11 Å². The maximum atomic E-state index is 10.7. The van der Waals surface area contributed by atoms with Gasteiger partial charge in [0.1, 0.15) is 17.0 Å². The Kier molecular flexibility index (Phi) is 3.00. The van der Waals surface area contributed by atoms with Crippen molar-refractivity contribution in [1.82, 2.24) is 9.97 Å². The summed E-state index contributed by atoms with van der Waals surface area (Å²) < 4.78 is 0. The van der Waals surface area contributed by atoms with Crippen molar-refractivity contribution in [1.29, 1.82) is 0 Å². The molecule has 0 saturated heterocycles. The SMILES string of the molecule is CC(CNc1ncnc2sccc12)C(=O)O. The van der Waals surface area contributed by atoms with Crippen molar-refractivity contribution in [2.24, 2.45) is 5.92 Å². The quantitative estimate of drug-likeness (QED) is 0.848. The fraction of sp³-hybridized carbons (Fsp3) is 0.300. The number of thiophene rings is 1. The molecule has 0 aliphatic heterocycles. The lowest BCUT2D eigenvalue weighted by molar-refractivity contribution is -0.140. The molecule has 0 radical (unpaired) electrons. The highest BCUT2D eigenvalue weighted by Gasteiger charge is 2.11. The molecule has 0 aromatic carbocycles. The van der Waals surface area contributed by atoms with Crippen molar-refractivity contribution in [2.45, 2.75) is 6.92 Å². The summed E-state index contributed by atoms with van der Waals surface area (Å²) >= 11 is 1.53. The van der Waals surface area contributed by atoms with Gasteiger partial charge in [0.15, 0.2) is 0 Å². The van der Waals surface area contributed by atoms with E-state index in [1.807, 2.05) is 11.4 Å². The van der Waals surface area contributed by atoms with Gasteiger partial charge in [-0.15, -0.1) is 11.3 Å². The molecule has 5 nitrogen and oxygen atoms in total. The predicted molar refractivity (Wildman–Crippen MR) is 62.7 cm³/mol. The van der Waals surface area contributed by atoms with Gasteiger partial charge in [0.2, 0.25) is 0 Å². The van der Waals surface area contributed by atoms with Crippen LogP contribution in [0.1, 0.15) is 6.92 Å². The van der Waals surface area contributed by atoms with E-state index in [2.05, 4.69) is 15.3 Å². The molecule has 0 fully saturated rings. The Balaban J connectivity index is 2.15. The molecule has 16 heavy (non-hydrogen) atoms. The minimum absolute atomic E-state index is 0.358. The lowest BCUT2D eigenvalue weighted by atomic mass is 10.2. The number of carboxylic acid groups (broad SMARTS) is 1. The summed E-state index contributed by atoms with van der Waals surface area (Å²) in [6, 6.07) is 1.92. The zero-order valence-corrected chi connectivity index (χ0v) is 9.49. The number of anilines is 1. The maximum Gasteiger partial charge on any atom is 0.308 e. The smallest absolute Gasteiger partial charge is 0.308 e. The monoisotopic (exact) mass is 237 g/mol. The lowest BCUT2D eigenvalue weighted by Crippen LogP contribution is -2.20. The first kappa shape index (κ1) is 10.8. The molecule has 6 heteroatoms. The molecule has 2 aromatic rings. The van der Waals surface area contributed by atoms with Crippen LogP contribution in [0.5, 0.6) is 0 Å². The molecule has 0 bridgehead atoms. The van der Waals surface area contributed by atoms with Gasteiger partial charge in [-0.1, -0.05) is 6.92 Å². The number of fused-ring (bicyclic) bond motifs is 1. The highest BCUT2D eigenvalue weighted by Crippen LogP contribution is 2.23. The zero-order chi connectivity index (χ0) is 11.5. The average molecular weight is 237 g/mol. The number of hydrogen-bond acceptors (Lipinski definition) is 5. The number of hydrogen-bond donors (Lipinski definition) is 2. The number of rotatable bonds is 4. The molecular formula is C10H11N3O2S. The summed E-state index contributed by atoms with van der Waals surface area (Å²) in [6.45, 7) is 2.01. The van der Waals surface area contributed by atoms with E-state index in [1.54, 1.807) is 6.92 Å². The van der Waals surface area contributed by atoms with E-state index in [1.165, 1.54) is 17.7 Å². The second kappa shape index (κ2) is 4.44. The van der Waals surface area contributed by atoms with E-state index < -0.39 is 11.9 Å². The molecule has 84 valence electrons. The molecule has 0 amide bonds. The zero-order valence-electron chi connectivity index (χ0n) is 8.67. The Morgan fingerprint density at radius 1 is 1.62 bits per heavy atom. The third kappa shape index (κ3) is 2.11. The second-order valence-electron chi connectivity index (χ2n) is 3.48. The highest BCUT2D eigenvalue weighted by atomic mass is 32.1. The molecular weight excluding hydrogens is 226 g/mol. The van der Waals surface area contributed by atoms with Gasteiger partial charge in [0.25, 0.3) is 0 Å². The molecule has 0 saturated carbocycles. The normalized spacial score (nSPS) is 12.6. The van der Waals surface area contributed by atoms with Crippen molar-refractivity contribution >= 4 is 33.3 Å². The number of carbonyl (C=O) groups is 1. The lowest BCUT2D eigenvalue weighted by Gasteiger charge is -2.09. The topological polar surface area (TPSA) is 75.1 Å². The van der Waals surface area contributed by atoms with Crippen molar-refractivity contribution in [3.63, 3.8) is 0 Å². The summed E-state index contributed by atoms with van der Waals surface area (Å²) in [5.41, 5.74) is 0. The number of nitrogens with zero attached hydrogens (tertiary/aromatic N) is 2. The van der Waals surface area contributed by atoms with Crippen molar-refractivity contribution in [3.05, 3.63) is 17.8 Å². The van der Waals surface area contributed by atoms with Crippen LogP contribution >= 0.6 is 11.3 Å². The van der Waals surface area contributed by atoms with Crippen LogP contribution in [0.4, 0.5) is 5.82 Å². The van der Waals surface area contributed by atoms with Crippen LogP contribution in [0.3, 0.4) is 0 Å². The van der Waals surface area contributed by atoms with Gasteiger partial charge in [-0.05, 0) is 11.4 Å². The first-order chi connectivity index (χ1) is 7.68. The Labute approximate surface area is 96.2 Å². The minimum atomic E-state index is -0.817. The number of nitrogens with one attached hydrogen (secondary N) is 1. The summed E-state index contributed by atoms with van der Waals surface area (Å²) in [5, 5.41) is 14.7. The fourth-order valence-electron chi connectivity index (χ4n) is 1.27. The van der Waals surface area contributed by atoms with Gasteiger partial charge in [-0.2, -0.15) is 0 Å². The molecule has 2 heterocycles. The van der Waals surface area contributed by atoms with Crippen molar-refractivity contribution in [3.8, 4) is 0 Å². The van der Waals surface area contributed by atoms with Gasteiger partial charge < -0.3 is 10.4 Å². The van der Waals surface area contributed by atoms with Crippen LogP contribution < -0.4 is 5.32 Å². The largest absolute Gasteiger partial charge is 0.481 e. The van der Waals surface area contributed by atoms with Crippen LogP contribution in [0.2, 0.25) is 0 Å². The third-order valence-electron chi connectivity index (χ3n) is 2.26. The Morgan fingerprint density at radius 2 is 2.44 bits per heavy atom. The van der Waals surface area contributed by atoms with E-state index >= 15 is 0 Å². The van der Waals surface area contributed by atoms with Gasteiger partial charge in [-0.25, -0.2) is 9.97 Å². The van der Waals surface area contributed by atoms with Crippen molar-refractivity contribution in [2.75, 3.05) is 11.9 Å².